The Morgan fingerprint density at radius 2 is 2.06 bits per heavy atom. The highest BCUT2D eigenvalue weighted by molar-refractivity contribution is 6.32. The molecule has 4 heteroatoms. The normalized spacial score (nSPS) is 10.6. The van der Waals surface area contributed by atoms with Crippen molar-refractivity contribution in [3.8, 4) is 0 Å². The van der Waals surface area contributed by atoms with Gasteiger partial charge in [0.15, 0.2) is 0 Å². The smallest absolute Gasteiger partial charge is 0.356 e. The minimum absolute atomic E-state index is 0.308. The second-order valence-corrected chi connectivity index (χ2v) is 4.29. The first-order chi connectivity index (χ1) is 8.04. The maximum atomic E-state index is 11.5. The molecule has 88 valence electrons. The summed E-state index contributed by atoms with van der Waals surface area (Å²) in [5, 5.41) is 1.64. The maximum Gasteiger partial charge on any atom is 0.356 e. The lowest BCUT2D eigenvalue weighted by molar-refractivity contribution is 0.0594. The van der Waals surface area contributed by atoms with Gasteiger partial charge in [-0.1, -0.05) is 17.7 Å². The number of esters is 1. The number of hydrogen-bond acceptors (Lipinski definition) is 3. The number of carbonyl (C=O) groups is 1. The van der Waals surface area contributed by atoms with E-state index in [-0.39, 0.29) is 0 Å². The summed E-state index contributed by atoms with van der Waals surface area (Å²) >= 11 is 6.05. The van der Waals surface area contributed by atoms with E-state index in [9.17, 15) is 4.79 Å². The molecule has 1 aromatic heterocycles. The molecule has 0 bridgehead atoms. The van der Waals surface area contributed by atoms with Crippen molar-refractivity contribution in [3.63, 3.8) is 0 Å². The zero-order valence-corrected chi connectivity index (χ0v) is 10.6. The average molecular weight is 250 g/mol. The lowest BCUT2D eigenvalue weighted by Gasteiger charge is -2.08. The van der Waals surface area contributed by atoms with Gasteiger partial charge < -0.3 is 4.74 Å². The Morgan fingerprint density at radius 3 is 2.71 bits per heavy atom. The van der Waals surface area contributed by atoms with E-state index in [0.29, 0.717) is 10.7 Å². The molecule has 3 nitrogen and oxygen atoms in total. The van der Waals surface area contributed by atoms with Crippen molar-refractivity contribution in [2.45, 2.75) is 13.8 Å². The van der Waals surface area contributed by atoms with Gasteiger partial charge in [0.1, 0.15) is 5.69 Å². The monoisotopic (exact) mass is 249 g/mol. The van der Waals surface area contributed by atoms with Gasteiger partial charge in [0, 0.05) is 10.4 Å². The quantitative estimate of drug-likeness (QED) is 0.728. The fourth-order valence-corrected chi connectivity index (χ4v) is 1.94. The van der Waals surface area contributed by atoms with Crippen molar-refractivity contribution in [3.05, 3.63) is 40.0 Å². The number of methoxy groups -OCH3 is 1. The van der Waals surface area contributed by atoms with Gasteiger partial charge in [-0.3, -0.25) is 0 Å². The number of benzene rings is 1. The zero-order valence-electron chi connectivity index (χ0n) is 9.87. The second-order valence-electron chi connectivity index (χ2n) is 3.88. The van der Waals surface area contributed by atoms with Crippen molar-refractivity contribution in [1.82, 2.24) is 4.98 Å². The topological polar surface area (TPSA) is 39.2 Å². The number of aryl methyl sites for hydroxylation is 2. The molecule has 0 radical (unpaired) electrons. The Bertz CT molecular complexity index is 608. The number of halogens is 1. The van der Waals surface area contributed by atoms with Crippen LogP contribution in [-0.2, 0) is 4.74 Å². The van der Waals surface area contributed by atoms with Crippen molar-refractivity contribution in [2.75, 3.05) is 7.11 Å². The third-order valence-electron chi connectivity index (χ3n) is 2.77. The van der Waals surface area contributed by atoms with Crippen LogP contribution in [-0.4, -0.2) is 18.1 Å². The highest BCUT2D eigenvalue weighted by Gasteiger charge is 2.12. The molecule has 0 saturated heterocycles. The largest absolute Gasteiger partial charge is 0.464 e. The first-order valence-electron chi connectivity index (χ1n) is 5.19. The van der Waals surface area contributed by atoms with Gasteiger partial charge in [-0.05, 0) is 37.1 Å². The van der Waals surface area contributed by atoms with E-state index in [4.69, 9.17) is 11.6 Å². The molecular weight excluding hydrogens is 238 g/mol. The number of rotatable bonds is 1. The van der Waals surface area contributed by atoms with Crippen LogP contribution in [0.3, 0.4) is 0 Å². The van der Waals surface area contributed by atoms with E-state index in [0.717, 1.165) is 22.0 Å². The van der Waals surface area contributed by atoms with Crippen LogP contribution in [0, 0.1) is 13.8 Å². The Balaban J connectivity index is 2.79. The predicted octanol–water partition coefficient (Wildman–Crippen LogP) is 3.29. The molecule has 1 heterocycles. The highest BCUT2D eigenvalue weighted by atomic mass is 35.5. The van der Waals surface area contributed by atoms with Gasteiger partial charge >= 0.3 is 5.97 Å². The molecule has 0 atom stereocenters. The number of aromatic nitrogens is 1. The van der Waals surface area contributed by atoms with Crippen LogP contribution in [0.5, 0.6) is 0 Å². The van der Waals surface area contributed by atoms with Crippen molar-refractivity contribution >= 4 is 28.5 Å². The van der Waals surface area contributed by atoms with E-state index >= 15 is 0 Å². The molecule has 2 aromatic rings. The summed E-state index contributed by atoms with van der Waals surface area (Å²) < 4.78 is 4.68. The van der Waals surface area contributed by atoms with Gasteiger partial charge in [-0.15, -0.1) is 0 Å². The minimum atomic E-state index is -0.436. The van der Waals surface area contributed by atoms with Gasteiger partial charge in [-0.25, -0.2) is 9.78 Å². The van der Waals surface area contributed by atoms with Crippen molar-refractivity contribution in [1.29, 1.82) is 0 Å². The fourth-order valence-electron chi connectivity index (χ4n) is 1.78. The second kappa shape index (κ2) is 4.34. The molecule has 0 N–H and O–H groups in total. The van der Waals surface area contributed by atoms with E-state index < -0.39 is 5.97 Å². The van der Waals surface area contributed by atoms with Crippen LogP contribution in [0.25, 0.3) is 10.9 Å². The van der Waals surface area contributed by atoms with Crippen molar-refractivity contribution < 1.29 is 9.53 Å². The molecule has 2 rings (SSSR count). The molecule has 0 aliphatic heterocycles. The molecule has 0 aliphatic carbocycles. The summed E-state index contributed by atoms with van der Waals surface area (Å²) in [4.78, 5) is 15.8. The number of nitrogens with zero attached hydrogens (tertiary/aromatic N) is 1. The van der Waals surface area contributed by atoms with Crippen LogP contribution in [0.4, 0.5) is 0 Å². The van der Waals surface area contributed by atoms with Crippen LogP contribution in [0.15, 0.2) is 18.2 Å². The standard InChI is InChI=1S/C13H12ClNO2/c1-7-6-11(13(16)17-3)15-12-8(2)10(14)5-4-9(7)12/h4-6H,1-3H3. The third kappa shape index (κ3) is 1.98. The molecule has 0 aliphatic rings. The number of hydrogen-bond donors (Lipinski definition) is 0. The summed E-state index contributed by atoms with van der Waals surface area (Å²) in [7, 11) is 1.34. The van der Waals surface area contributed by atoms with E-state index in [2.05, 4.69) is 9.72 Å². The van der Waals surface area contributed by atoms with Gasteiger partial charge in [0.2, 0.25) is 0 Å². The van der Waals surface area contributed by atoms with Crippen LogP contribution >= 0.6 is 11.6 Å². The maximum absolute atomic E-state index is 11.5. The summed E-state index contributed by atoms with van der Waals surface area (Å²) in [6.07, 6.45) is 0. The molecule has 0 fully saturated rings. The van der Waals surface area contributed by atoms with Crippen LogP contribution < -0.4 is 0 Å². The Kier molecular flexibility index (Phi) is 3.03. The Labute approximate surface area is 104 Å². The lowest BCUT2D eigenvalue weighted by atomic mass is 10.1. The summed E-state index contributed by atoms with van der Waals surface area (Å²) in [6, 6.07) is 5.47. The number of fused-ring (bicyclic) bond motifs is 1. The van der Waals surface area contributed by atoms with E-state index in [1.54, 1.807) is 6.07 Å². The number of carbonyl (C=O) groups excluding carboxylic acids is 1. The molecule has 17 heavy (non-hydrogen) atoms. The molecule has 0 saturated carbocycles. The zero-order chi connectivity index (χ0) is 12.6. The molecule has 1 aromatic carbocycles. The fraction of sp³-hybridized carbons (Fsp3) is 0.231. The summed E-state index contributed by atoms with van der Waals surface area (Å²) in [5.41, 5.74) is 2.91. The van der Waals surface area contributed by atoms with Gasteiger partial charge in [0.25, 0.3) is 0 Å². The molecular formula is C13H12ClNO2. The minimum Gasteiger partial charge on any atom is -0.464 e. The lowest BCUT2D eigenvalue weighted by Crippen LogP contribution is -2.05. The summed E-state index contributed by atoms with van der Waals surface area (Å²) in [5.74, 6) is -0.436. The van der Waals surface area contributed by atoms with Gasteiger partial charge in [0.05, 0.1) is 12.6 Å². The Morgan fingerprint density at radius 1 is 1.35 bits per heavy atom. The molecule has 0 spiro atoms. The van der Waals surface area contributed by atoms with Crippen molar-refractivity contribution in [2.24, 2.45) is 0 Å². The van der Waals surface area contributed by atoms with E-state index in [1.807, 2.05) is 26.0 Å². The summed E-state index contributed by atoms with van der Waals surface area (Å²) in [6.45, 7) is 3.82. The molecule has 0 amide bonds. The van der Waals surface area contributed by atoms with Gasteiger partial charge in [-0.2, -0.15) is 0 Å². The van der Waals surface area contributed by atoms with Crippen LogP contribution in [0.2, 0.25) is 5.02 Å². The van der Waals surface area contributed by atoms with E-state index in [1.165, 1.54) is 7.11 Å². The first kappa shape index (κ1) is 11.9. The average Bonchev–Trinajstić information content (AvgIpc) is 2.33. The highest BCUT2D eigenvalue weighted by Crippen LogP contribution is 2.26. The predicted molar refractivity (Wildman–Crippen MR) is 67.6 cm³/mol. The molecule has 0 unspecified atom stereocenters. The first-order valence-corrected chi connectivity index (χ1v) is 5.57. The number of ether oxygens (including phenoxy) is 1. The number of pyridine rings is 1. The SMILES string of the molecule is COC(=O)c1cc(C)c2ccc(Cl)c(C)c2n1. The third-order valence-corrected chi connectivity index (χ3v) is 3.18. The van der Waals surface area contributed by atoms with Crippen LogP contribution in [0.1, 0.15) is 21.6 Å². The Hall–Kier alpha value is -1.61.